The summed E-state index contributed by atoms with van der Waals surface area (Å²) in [5, 5.41) is -0.0189. The van der Waals surface area contributed by atoms with Crippen LogP contribution in [0, 0.1) is 0 Å². The summed E-state index contributed by atoms with van der Waals surface area (Å²) >= 11 is 0. The van der Waals surface area contributed by atoms with Gasteiger partial charge < -0.3 is 28.1 Å². The van der Waals surface area contributed by atoms with E-state index < -0.39 is 43.7 Å². The van der Waals surface area contributed by atoms with Gasteiger partial charge in [-0.25, -0.2) is 4.79 Å². The number of ether oxygens (including phenoxy) is 5. The molecule has 0 bridgehead atoms. The molecule has 3 aliphatic rings. The zero-order chi connectivity index (χ0) is 22.8. The first kappa shape index (κ1) is 24.1. The van der Waals surface area contributed by atoms with Crippen LogP contribution in [0.2, 0.25) is 18.1 Å². The maximum atomic E-state index is 13.2. The van der Waals surface area contributed by atoms with E-state index in [0.717, 1.165) is 0 Å². The summed E-state index contributed by atoms with van der Waals surface area (Å²) in [7, 11) is -0.836. The predicted octanol–water partition coefficient (Wildman–Crippen LogP) is 4.14. The molecule has 1 saturated carbocycles. The topological polar surface area (TPSA) is 72.5 Å². The highest BCUT2D eigenvalue weighted by Crippen LogP contribution is 2.54. The molecule has 3 rings (SSSR count). The van der Waals surface area contributed by atoms with Gasteiger partial charge in [0.15, 0.2) is 25.5 Å². The van der Waals surface area contributed by atoms with Gasteiger partial charge in [0.2, 0.25) is 0 Å². The molecule has 0 unspecified atom stereocenters. The number of rotatable bonds is 5. The fourth-order valence-electron chi connectivity index (χ4n) is 4.62. The Morgan fingerprint density at radius 2 is 1.70 bits per heavy atom. The second kappa shape index (κ2) is 7.52. The third kappa shape index (κ3) is 3.77. The summed E-state index contributed by atoms with van der Waals surface area (Å²) < 4.78 is 37.7. The Kier molecular flexibility index (Phi) is 6.05. The highest BCUT2D eigenvalue weighted by molar-refractivity contribution is 6.74. The van der Waals surface area contributed by atoms with Crippen molar-refractivity contribution in [1.82, 2.24) is 0 Å². The molecule has 1 aliphatic carbocycles. The number of hydrogen-bond donors (Lipinski definition) is 0. The SMILES string of the molecule is CCC1(CC)O[C@H]2[C@H](O[Si](C)(C)C(C)(C)C)[C@@H]3OC(C)(C)O[C@@H]3C[C@@]2(C(=O)OC)O1. The van der Waals surface area contributed by atoms with Crippen LogP contribution in [0.3, 0.4) is 0 Å². The van der Waals surface area contributed by atoms with Crippen LogP contribution in [0.15, 0.2) is 0 Å². The maximum Gasteiger partial charge on any atom is 0.341 e. The normalized spacial score (nSPS) is 37.5. The summed E-state index contributed by atoms with van der Waals surface area (Å²) in [5.74, 6) is -2.07. The third-order valence-corrected chi connectivity index (χ3v) is 11.8. The van der Waals surface area contributed by atoms with Gasteiger partial charge in [-0.3, -0.25) is 0 Å². The van der Waals surface area contributed by atoms with E-state index in [4.69, 9.17) is 28.1 Å². The highest BCUT2D eigenvalue weighted by Gasteiger charge is 2.71. The van der Waals surface area contributed by atoms with Crippen LogP contribution in [-0.4, -0.2) is 63.0 Å². The Bertz CT molecular complexity index is 667. The summed E-state index contributed by atoms with van der Waals surface area (Å²) in [6.07, 6.45) is -0.258. The quantitative estimate of drug-likeness (QED) is 0.466. The summed E-state index contributed by atoms with van der Waals surface area (Å²) in [4.78, 5) is 13.2. The van der Waals surface area contributed by atoms with Crippen molar-refractivity contribution < 1.29 is 32.9 Å². The van der Waals surface area contributed by atoms with E-state index in [1.807, 2.05) is 27.7 Å². The number of esters is 1. The monoisotopic (exact) mass is 444 g/mol. The molecule has 174 valence electrons. The van der Waals surface area contributed by atoms with Gasteiger partial charge in [-0.15, -0.1) is 0 Å². The third-order valence-electron chi connectivity index (χ3n) is 7.36. The van der Waals surface area contributed by atoms with Gasteiger partial charge in [0.25, 0.3) is 0 Å². The fraction of sp³-hybridized carbons (Fsp3) is 0.955. The zero-order valence-corrected chi connectivity index (χ0v) is 21.3. The van der Waals surface area contributed by atoms with E-state index in [0.29, 0.717) is 19.3 Å². The molecule has 7 nitrogen and oxygen atoms in total. The molecule has 0 aromatic heterocycles. The molecule has 0 N–H and O–H groups in total. The van der Waals surface area contributed by atoms with Crippen molar-refractivity contribution in [1.29, 1.82) is 0 Å². The second-order valence-corrected chi connectivity index (χ2v) is 15.6. The molecule has 2 heterocycles. The van der Waals surface area contributed by atoms with Crippen LogP contribution in [0.5, 0.6) is 0 Å². The first-order valence-corrected chi connectivity index (χ1v) is 14.1. The molecule has 0 aromatic carbocycles. The van der Waals surface area contributed by atoms with Crippen LogP contribution in [-0.2, 0) is 32.9 Å². The molecule has 0 aromatic rings. The van der Waals surface area contributed by atoms with Crippen molar-refractivity contribution in [2.45, 2.75) is 127 Å². The molecule has 0 radical (unpaired) electrons. The average molecular weight is 445 g/mol. The molecule has 5 atom stereocenters. The minimum Gasteiger partial charge on any atom is -0.467 e. The lowest BCUT2D eigenvalue weighted by atomic mass is 9.77. The minimum absolute atomic E-state index is 0.0189. The van der Waals surface area contributed by atoms with E-state index in [9.17, 15) is 4.79 Å². The molecular formula is C22H40O7Si. The molecule has 2 aliphatic heterocycles. The van der Waals surface area contributed by atoms with Gasteiger partial charge in [0.05, 0.1) is 13.2 Å². The van der Waals surface area contributed by atoms with E-state index in [2.05, 4.69) is 33.9 Å². The van der Waals surface area contributed by atoms with Crippen molar-refractivity contribution in [3.8, 4) is 0 Å². The molecule has 0 spiro atoms. The van der Waals surface area contributed by atoms with E-state index in [-0.39, 0.29) is 17.2 Å². The van der Waals surface area contributed by atoms with Crippen LogP contribution in [0.1, 0.15) is 67.7 Å². The van der Waals surface area contributed by atoms with E-state index in [1.165, 1.54) is 7.11 Å². The largest absolute Gasteiger partial charge is 0.467 e. The molecule has 0 amide bonds. The van der Waals surface area contributed by atoms with Gasteiger partial charge >= 0.3 is 5.97 Å². The van der Waals surface area contributed by atoms with Crippen LogP contribution < -0.4 is 0 Å². The van der Waals surface area contributed by atoms with Crippen molar-refractivity contribution >= 4 is 14.3 Å². The number of carbonyl (C=O) groups excluding carboxylic acids is 1. The maximum absolute atomic E-state index is 13.2. The van der Waals surface area contributed by atoms with Crippen molar-refractivity contribution in [2.24, 2.45) is 0 Å². The van der Waals surface area contributed by atoms with Crippen LogP contribution >= 0.6 is 0 Å². The Morgan fingerprint density at radius 1 is 1.10 bits per heavy atom. The molecule has 2 saturated heterocycles. The van der Waals surface area contributed by atoms with Gasteiger partial charge in [0.1, 0.15) is 18.3 Å². The lowest BCUT2D eigenvalue weighted by molar-refractivity contribution is -0.211. The Balaban J connectivity index is 2.10. The Labute approximate surface area is 182 Å². The second-order valence-electron chi connectivity index (χ2n) is 10.8. The highest BCUT2D eigenvalue weighted by atomic mass is 28.4. The standard InChI is InChI=1S/C22H40O7Si/c1-11-21(12-2)27-17-16(28-30(9,10)19(3,4)5)15-14(25-20(6,7)26-15)13-22(17,29-21)18(23)24-8/h14-17H,11-13H2,1-10H3/t14-,15-,16-,17+,22-/m1/s1. The first-order chi connectivity index (χ1) is 13.7. The number of methoxy groups -OCH3 is 1. The number of carbonyl (C=O) groups is 1. The number of fused-ring (bicyclic) bond motifs is 2. The molecule has 3 fully saturated rings. The smallest absolute Gasteiger partial charge is 0.341 e. The molecule has 8 heteroatoms. The fourth-order valence-corrected chi connectivity index (χ4v) is 5.91. The van der Waals surface area contributed by atoms with Gasteiger partial charge in [-0.05, 0) is 44.8 Å². The summed E-state index contributed by atoms with van der Waals surface area (Å²) in [6, 6.07) is 0. The van der Waals surface area contributed by atoms with Gasteiger partial charge in [-0.2, -0.15) is 0 Å². The Morgan fingerprint density at radius 3 is 2.20 bits per heavy atom. The van der Waals surface area contributed by atoms with Crippen molar-refractivity contribution in [3.63, 3.8) is 0 Å². The predicted molar refractivity (Wildman–Crippen MR) is 115 cm³/mol. The molecule has 30 heavy (non-hydrogen) atoms. The Hall–Kier alpha value is -0.513. The lowest BCUT2D eigenvalue weighted by Crippen LogP contribution is -2.66. The molecular weight excluding hydrogens is 404 g/mol. The van der Waals surface area contributed by atoms with E-state index >= 15 is 0 Å². The number of hydrogen-bond acceptors (Lipinski definition) is 7. The summed E-state index contributed by atoms with van der Waals surface area (Å²) in [6.45, 7) is 18.8. The zero-order valence-electron chi connectivity index (χ0n) is 20.3. The average Bonchev–Trinajstić information content (AvgIpc) is 3.14. The summed E-state index contributed by atoms with van der Waals surface area (Å²) in [5.41, 5.74) is -1.28. The van der Waals surface area contributed by atoms with Gasteiger partial charge in [-0.1, -0.05) is 34.6 Å². The first-order valence-electron chi connectivity index (χ1n) is 11.2. The van der Waals surface area contributed by atoms with Crippen LogP contribution in [0.4, 0.5) is 0 Å². The van der Waals surface area contributed by atoms with Crippen molar-refractivity contribution in [2.75, 3.05) is 7.11 Å². The van der Waals surface area contributed by atoms with Gasteiger partial charge in [0, 0.05) is 6.42 Å². The minimum atomic E-state index is -2.23. The lowest BCUT2D eigenvalue weighted by Gasteiger charge is -2.48. The van der Waals surface area contributed by atoms with Crippen molar-refractivity contribution in [3.05, 3.63) is 0 Å². The van der Waals surface area contributed by atoms with Crippen LogP contribution in [0.25, 0.3) is 0 Å². The van der Waals surface area contributed by atoms with E-state index in [1.54, 1.807) is 0 Å².